The van der Waals surface area contributed by atoms with E-state index in [9.17, 15) is 19.8 Å². The first kappa shape index (κ1) is 79.8. The number of unbranched alkanes of at least 4 members (excludes halogenated alkanes) is 50. The Hall–Kier alpha value is -2.18. The number of hydrogen-bond donors (Lipinski definition) is 3. The van der Waals surface area contributed by atoms with Crippen molar-refractivity contribution in [3.8, 4) is 0 Å². The maximum absolute atomic E-state index is 12.5. The Balaban J connectivity index is 3.34. The van der Waals surface area contributed by atoms with Gasteiger partial charge in [-0.2, -0.15) is 0 Å². The molecule has 6 nitrogen and oxygen atoms in total. The molecule has 0 fully saturated rings. The Bertz CT molecular complexity index is 1370. The molecule has 2 atom stereocenters. The quantitative estimate of drug-likeness (QED) is 0.0320. The minimum Gasteiger partial charge on any atom is -0.466 e. The van der Waals surface area contributed by atoms with Crippen molar-refractivity contribution in [2.75, 3.05) is 13.2 Å². The predicted molar refractivity (Wildman–Crippen MR) is 361 cm³/mol. The van der Waals surface area contributed by atoms with Crippen molar-refractivity contribution in [1.82, 2.24) is 5.32 Å². The number of carbonyl (C=O) groups is 2. The zero-order chi connectivity index (χ0) is 59.2. The summed E-state index contributed by atoms with van der Waals surface area (Å²) in [6.45, 7) is 4.93. The van der Waals surface area contributed by atoms with Gasteiger partial charge in [0.05, 0.1) is 25.4 Å². The molecule has 82 heavy (non-hydrogen) atoms. The first-order chi connectivity index (χ1) is 40.5. The van der Waals surface area contributed by atoms with Gasteiger partial charge >= 0.3 is 5.97 Å². The molecule has 0 aliphatic heterocycles. The number of aliphatic hydroxyl groups is 2. The van der Waals surface area contributed by atoms with Crippen molar-refractivity contribution in [3.63, 3.8) is 0 Å². The highest BCUT2D eigenvalue weighted by molar-refractivity contribution is 5.76. The van der Waals surface area contributed by atoms with Gasteiger partial charge in [-0.3, -0.25) is 9.59 Å². The molecule has 0 saturated carbocycles. The molecule has 0 aliphatic rings. The largest absolute Gasteiger partial charge is 0.466 e. The first-order valence-corrected chi connectivity index (χ1v) is 36.9. The number of ether oxygens (including phenoxy) is 1. The molecule has 0 rings (SSSR count). The van der Waals surface area contributed by atoms with Crippen LogP contribution in [0.1, 0.15) is 399 Å². The number of amides is 1. The Morgan fingerprint density at radius 1 is 0.341 bits per heavy atom. The van der Waals surface area contributed by atoms with Crippen molar-refractivity contribution in [2.45, 2.75) is 411 Å². The minimum atomic E-state index is -0.661. The summed E-state index contributed by atoms with van der Waals surface area (Å²) in [6, 6.07) is -0.538. The maximum atomic E-state index is 12.5. The van der Waals surface area contributed by atoms with Crippen LogP contribution in [0.2, 0.25) is 0 Å². The van der Waals surface area contributed by atoms with Gasteiger partial charge in [0.25, 0.3) is 0 Å². The normalized spacial score (nSPS) is 12.8. The number of rotatable bonds is 69. The number of nitrogens with one attached hydrogen (secondary N) is 1. The van der Waals surface area contributed by atoms with E-state index in [1.165, 1.54) is 308 Å². The van der Waals surface area contributed by atoms with E-state index in [0.717, 1.165) is 57.8 Å². The van der Waals surface area contributed by atoms with E-state index in [1.54, 1.807) is 0 Å². The summed E-state index contributed by atoms with van der Waals surface area (Å²) in [5.74, 6) is -0.0251. The molecule has 0 aromatic heterocycles. The van der Waals surface area contributed by atoms with Crippen molar-refractivity contribution in [1.29, 1.82) is 0 Å². The second-order valence-electron chi connectivity index (χ2n) is 25.3. The molecule has 0 spiro atoms. The second kappa shape index (κ2) is 71.3. The second-order valence-corrected chi connectivity index (χ2v) is 25.3. The fraction of sp³-hybridized carbons (Fsp3) is 0.868. The number of hydrogen-bond acceptors (Lipinski definition) is 5. The number of carbonyl (C=O) groups excluding carboxylic acids is 2. The standard InChI is InChI=1S/C76H143NO5/c1-3-5-7-9-11-13-15-17-46-50-54-58-62-66-70-76(81)82-71-67-63-59-55-51-47-44-42-40-38-36-34-32-30-28-26-24-22-20-18-19-21-23-25-27-29-31-33-35-37-39-41-43-45-49-53-57-61-65-69-75(80)77-73(72-78)74(79)68-64-60-56-52-48-16-14-12-10-8-6-4-2/h9,11,15,17-19,22,24,73-74,78-79H,3-8,10,12-14,16,20-21,23,25-72H2,1-2H3,(H,77,80)/b11-9-,17-15-,19-18-,24-22-. The van der Waals surface area contributed by atoms with Gasteiger partial charge in [0, 0.05) is 12.8 Å². The van der Waals surface area contributed by atoms with Gasteiger partial charge < -0.3 is 20.3 Å². The Morgan fingerprint density at radius 2 is 0.622 bits per heavy atom. The topological polar surface area (TPSA) is 95.9 Å². The van der Waals surface area contributed by atoms with Crippen LogP contribution in [-0.4, -0.2) is 47.4 Å². The van der Waals surface area contributed by atoms with Crippen molar-refractivity contribution in [2.24, 2.45) is 0 Å². The molecular formula is C76H143NO5. The fourth-order valence-electron chi connectivity index (χ4n) is 11.5. The van der Waals surface area contributed by atoms with Crippen LogP contribution < -0.4 is 5.32 Å². The highest BCUT2D eigenvalue weighted by Crippen LogP contribution is 2.19. The first-order valence-electron chi connectivity index (χ1n) is 36.9. The molecule has 0 aliphatic carbocycles. The highest BCUT2D eigenvalue weighted by Gasteiger charge is 2.20. The van der Waals surface area contributed by atoms with E-state index in [-0.39, 0.29) is 18.5 Å². The summed E-state index contributed by atoms with van der Waals surface area (Å²) in [5.41, 5.74) is 0. The van der Waals surface area contributed by atoms with Crippen molar-refractivity contribution >= 4 is 11.9 Å². The molecule has 2 unspecified atom stereocenters. The van der Waals surface area contributed by atoms with E-state index in [4.69, 9.17) is 4.74 Å². The number of allylic oxidation sites excluding steroid dienone is 8. The van der Waals surface area contributed by atoms with E-state index >= 15 is 0 Å². The smallest absolute Gasteiger partial charge is 0.305 e. The van der Waals surface area contributed by atoms with Crippen LogP contribution in [0.3, 0.4) is 0 Å². The van der Waals surface area contributed by atoms with Crippen molar-refractivity contribution in [3.05, 3.63) is 48.6 Å². The molecule has 0 saturated heterocycles. The summed E-state index contributed by atoms with van der Waals surface area (Å²) in [6.07, 6.45) is 93.4. The lowest BCUT2D eigenvalue weighted by Gasteiger charge is -2.22. The molecule has 0 bridgehead atoms. The van der Waals surface area contributed by atoms with E-state index in [1.807, 2.05) is 0 Å². The number of esters is 1. The van der Waals surface area contributed by atoms with E-state index < -0.39 is 12.1 Å². The van der Waals surface area contributed by atoms with Gasteiger partial charge in [0.2, 0.25) is 5.91 Å². The molecule has 0 aromatic rings. The van der Waals surface area contributed by atoms with Gasteiger partial charge in [-0.1, -0.05) is 351 Å². The van der Waals surface area contributed by atoms with Gasteiger partial charge in [-0.05, 0) is 83.5 Å². The fourth-order valence-corrected chi connectivity index (χ4v) is 11.5. The van der Waals surface area contributed by atoms with Crippen LogP contribution in [0.5, 0.6) is 0 Å². The third-order valence-corrected chi connectivity index (χ3v) is 17.1. The van der Waals surface area contributed by atoms with Gasteiger partial charge in [0.1, 0.15) is 0 Å². The zero-order valence-corrected chi connectivity index (χ0v) is 55.2. The monoisotopic (exact) mass is 1150 g/mol. The summed E-state index contributed by atoms with van der Waals surface area (Å²) in [5, 5.41) is 23.3. The van der Waals surface area contributed by atoms with Crippen LogP contribution in [0.4, 0.5) is 0 Å². The molecule has 0 radical (unpaired) electrons. The predicted octanol–water partition coefficient (Wildman–Crippen LogP) is 24.0. The molecular weight excluding hydrogens is 1010 g/mol. The molecule has 6 heteroatoms. The molecule has 0 aromatic carbocycles. The van der Waals surface area contributed by atoms with Gasteiger partial charge in [-0.15, -0.1) is 0 Å². The van der Waals surface area contributed by atoms with Gasteiger partial charge in [0.15, 0.2) is 0 Å². The molecule has 0 heterocycles. The van der Waals surface area contributed by atoms with Crippen LogP contribution in [0, 0.1) is 0 Å². The summed E-state index contributed by atoms with van der Waals surface area (Å²) < 4.78 is 5.48. The summed E-state index contributed by atoms with van der Waals surface area (Å²) in [7, 11) is 0. The third-order valence-electron chi connectivity index (χ3n) is 17.1. The number of aliphatic hydroxyl groups excluding tert-OH is 2. The average molecular weight is 1150 g/mol. The van der Waals surface area contributed by atoms with Crippen molar-refractivity contribution < 1.29 is 24.5 Å². The Kier molecular flexibility index (Phi) is 69.4. The summed E-state index contributed by atoms with van der Waals surface area (Å²) in [4.78, 5) is 24.5. The maximum Gasteiger partial charge on any atom is 0.305 e. The van der Waals surface area contributed by atoms with Crippen LogP contribution >= 0.6 is 0 Å². The van der Waals surface area contributed by atoms with Crippen LogP contribution in [0.25, 0.3) is 0 Å². The zero-order valence-electron chi connectivity index (χ0n) is 55.2. The SMILES string of the molecule is CCCC/C=C\C/C=C\CCCCCCCC(=O)OCCCCCCCCCCCCCCCCC/C=C\C/C=C\CCCCCCCCCCCCCCCCCCCC(=O)NC(CO)C(O)CCCCCCCCCCCCCC. The highest BCUT2D eigenvalue weighted by atomic mass is 16.5. The lowest BCUT2D eigenvalue weighted by Crippen LogP contribution is -2.45. The lowest BCUT2D eigenvalue weighted by atomic mass is 10.0. The van der Waals surface area contributed by atoms with Gasteiger partial charge in [-0.25, -0.2) is 0 Å². The molecule has 1 amide bonds. The van der Waals surface area contributed by atoms with E-state index in [0.29, 0.717) is 25.9 Å². The Labute approximate surface area is 512 Å². The van der Waals surface area contributed by atoms with Crippen LogP contribution in [-0.2, 0) is 14.3 Å². The molecule has 3 N–H and O–H groups in total. The minimum absolute atomic E-state index is 0.00567. The van der Waals surface area contributed by atoms with Crippen LogP contribution in [0.15, 0.2) is 48.6 Å². The lowest BCUT2D eigenvalue weighted by molar-refractivity contribution is -0.143. The third kappa shape index (κ3) is 67.0. The van der Waals surface area contributed by atoms with E-state index in [2.05, 4.69) is 67.8 Å². The summed E-state index contributed by atoms with van der Waals surface area (Å²) >= 11 is 0. The Morgan fingerprint density at radius 3 is 0.963 bits per heavy atom. The molecule has 482 valence electrons. The average Bonchev–Trinajstić information content (AvgIpc) is 3.48.